The Labute approximate surface area is 143 Å². The van der Waals surface area contributed by atoms with Gasteiger partial charge in [-0.05, 0) is 69.5 Å². The molecule has 0 fully saturated rings. The van der Waals surface area contributed by atoms with Gasteiger partial charge in [-0.1, -0.05) is 24.3 Å². The fraction of sp³-hybridized carbons (Fsp3) is 0.300. The largest absolute Gasteiger partial charge is 0.325 e. The molecule has 0 aliphatic heterocycles. The zero-order valence-electron chi connectivity index (χ0n) is 14.9. The summed E-state index contributed by atoms with van der Waals surface area (Å²) in [5.41, 5.74) is 3.37. The third-order valence-electron chi connectivity index (χ3n) is 4.26. The van der Waals surface area contributed by atoms with Crippen LogP contribution in [0, 0.1) is 26.2 Å². The maximum absolute atomic E-state index is 12.6. The Bertz CT molecular complexity index is 779. The molecule has 2 aromatic rings. The maximum atomic E-state index is 12.6. The lowest BCUT2D eigenvalue weighted by molar-refractivity contribution is -0.135. The van der Waals surface area contributed by atoms with E-state index in [1.807, 2.05) is 63.2 Å². The Morgan fingerprint density at radius 3 is 2.17 bits per heavy atom. The first-order chi connectivity index (χ1) is 11.2. The van der Waals surface area contributed by atoms with Crippen LogP contribution in [0.5, 0.6) is 0 Å². The Morgan fingerprint density at radius 2 is 1.50 bits per heavy atom. The molecule has 0 spiro atoms. The second kappa shape index (κ2) is 6.87. The number of anilines is 2. The summed E-state index contributed by atoms with van der Waals surface area (Å²) in [5.74, 6) is -0.669. The molecule has 0 atom stereocenters. The first kappa shape index (κ1) is 17.7. The lowest BCUT2D eigenvalue weighted by atomic mass is 9.90. The minimum absolute atomic E-state index is 0.332. The number of hydrogen-bond acceptors (Lipinski definition) is 2. The summed E-state index contributed by atoms with van der Waals surface area (Å²) in [7, 11) is 0. The number of carbonyl (C=O) groups is 2. The van der Waals surface area contributed by atoms with Gasteiger partial charge < -0.3 is 10.6 Å². The molecule has 0 saturated carbocycles. The van der Waals surface area contributed by atoms with Crippen LogP contribution in [-0.2, 0) is 9.59 Å². The van der Waals surface area contributed by atoms with Crippen LogP contribution in [0.4, 0.5) is 11.4 Å². The smallest absolute Gasteiger partial charge is 0.239 e. The summed E-state index contributed by atoms with van der Waals surface area (Å²) in [6.45, 7) is 9.14. The van der Waals surface area contributed by atoms with E-state index >= 15 is 0 Å². The van der Waals surface area contributed by atoms with Gasteiger partial charge in [0.15, 0.2) is 0 Å². The van der Waals surface area contributed by atoms with Gasteiger partial charge in [0.1, 0.15) is 5.41 Å². The molecule has 2 rings (SSSR count). The van der Waals surface area contributed by atoms with Crippen molar-refractivity contribution in [2.24, 2.45) is 5.41 Å². The van der Waals surface area contributed by atoms with E-state index in [9.17, 15) is 9.59 Å². The summed E-state index contributed by atoms with van der Waals surface area (Å²) in [4.78, 5) is 25.2. The van der Waals surface area contributed by atoms with Crippen LogP contribution in [0.15, 0.2) is 42.5 Å². The summed E-state index contributed by atoms with van der Waals surface area (Å²) in [6.07, 6.45) is 0. The van der Waals surface area contributed by atoms with Crippen molar-refractivity contribution in [1.82, 2.24) is 0 Å². The van der Waals surface area contributed by atoms with Gasteiger partial charge in [-0.15, -0.1) is 0 Å². The van der Waals surface area contributed by atoms with Crippen LogP contribution in [0.2, 0.25) is 0 Å². The first-order valence-corrected chi connectivity index (χ1v) is 7.97. The summed E-state index contributed by atoms with van der Waals surface area (Å²) >= 11 is 0. The van der Waals surface area contributed by atoms with E-state index in [2.05, 4.69) is 10.6 Å². The molecule has 0 unspecified atom stereocenters. The van der Waals surface area contributed by atoms with Crippen LogP contribution in [0.1, 0.15) is 30.5 Å². The lowest BCUT2D eigenvalue weighted by Gasteiger charge is -2.23. The van der Waals surface area contributed by atoms with E-state index in [-0.39, 0.29) is 11.8 Å². The van der Waals surface area contributed by atoms with Crippen LogP contribution in [0.25, 0.3) is 0 Å². The predicted molar refractivity (Wildman–Crippen MR) is 98.1 cm³/mol. The van der Waals surface area contributed by atoms with Gasteiger partial charge in [0.25, 0.3) is 0 Å². The number of hydrogen-bond donors (Lipinski definition) is 2. The summed E-state index contributed by atoms with van der Waals surface area (Å²) in [5, 5.41) is 5.69. The number of carbonyl (C=O) groups excluding carboxylic acids is 2. The number of rotatable bonds is 4. The van der Waals surface area contributed by atoms with Crippen molar-refractivity contribution in [3.63, 3.8) is 0 Å². The van der Waals surface area contributed by atoms with Gasteiger partial charge >= 0.3 is 0 Å². The van der Waals surface area contributed by atoms with E-state index in [0.29, 0.717) is 5.69 Å². The van der Waals surface area contributed by atoms with Crippen molar-refractivity contribution in [2.45, 2.75) is 34.6 Å². The van der Waals surface area contributed by atoms with Gasteiger partial charge in [-0.25, -0.2) is 0 Å². The molecule has 0 heterocycles. The Morgan fingerprint density at radius 1 is 0.875 bits per heavy atom. The minimum Gasteiger partial charge on any atom is -0.325 e. The highest BCUT2D eigenvalue weighted by Gasteiger charge is 2.36. The molecule has 0 aliphatic rings. The second-order valence-corrected chi connectivity index (χ2v) is 6.65. The topological polar surface area (TPSA) is 58.2 Å². The Hall–Kier alpha value is -2.62. The van der Waals surface area contributed by atoms with E-state index in [1.54, 1.807) is 13.8 Å². The number of benzene rings is 2. The van der Waals surface area contributed by atoms with Crippen molar-refractivity contribution in [3.05, 3.63) is 59.2 Å². The lowest BCUT2D eigenvalue weighted by Crippen LogP contribution is -2.41. The third kappa shape index (κ3) is 3.82. The predicted octanol–water partition coefficient (Wildman–Crippen LogP) is 4.22. The monoisotopic (exact) mass is 324 g/mol. The number of amides is 2. The van der Waals surface area contributed by atoms with Crippen molar-refractivity contribution < 1.29 is 9.59 Å². The highest BCUT2D eigenvalue weighted by molar-refractivity contribution is 6.14. The highest BCUT2D eigenvalue weighted by atomic mass is 16.2. The third-order valence-corrected chi connectivity index (χ3v) is 4.26. The molecule has 2 N–H and O–H groups in total. The summed E-state index contributed by atoms with van der Waals surface area (Å²) in [6, 6.07) is 13.2. The van der Waals surface area contributed by atoms with Crippen molar-refractivity contribution >= 4 is 23.2 Å². The zero-order chi connectivity index (χ0) is 17.9. The van der Waals surface area contributed by atoms with Crippen LogP contribution < -0.4 is 10.6 Å². The van der Waals surface area contributed by atoms with Gasteiger partial charge in [-0.3, -0.25) is 9.59 Å². The molecular formula is C20H24N2O2. The molecular weight excluding hydrogens is 300 g/mol. The van der Waals surface area contributed by atoms with E-state index in [1.165, 1.54) is 0 Å². The van der Waals surface area contributed by atoms with Gasteiger partial charge in [-0.2, -0.15) is 0 Å². The SMILES string of the molecule is Cc1cccc(NC(=O)C(C)(C)C(=O)Nc2cccc(C)c2C)c1. The zero-order valence-corrected chi connectivity index (χ0v) is 14.9. The number of nitrogens with one attached hydrogen (secondary N) is 2. The molecule has 2 aromatic carbocycles. The van der Waals surface area contributed by atoms with Crippen molar-refractivity contribution in [2.75, 3.05) is 10.6 Å². The Kier molecular flexibility index (Phi) is 5.07. The average Bonchev–Trinajstić information content (AvgIpc) is 2.51. The van der Waals surface area contributed by atoms with Gasteiger partial charge in [0.2, 0.25) is 11.8 Å². The molecule has 24 heavy (non-hydrogen) atoms. The van der Waals surface area contributed by atoms with Crippen LogP contribution in [0.3, 0.4) is 0 Å². The Balaban J connectivity index is 2.14. The highest BCUT2D eigenvalue weighted by Crippen LogP contribution is 2.24. The minimum atomic E-state index is -1.19. The molecule has 2 amide bonds. The quantitative estimate of drug-likeness (QED) is 0.828. The van der Waals surface area contributed by atoms with Gasteiger partial charge in [0.05, 0.1) is 0 Å². The van der Waals surface area contributed by atoms with Crippen LogP contribution >= 0.6 is 0 Å². The molecule has 0 aliphatic carbocycles. The molecule has 126 valence electrons. The molecule has 0 saturated heterocycles. The van der Waals surface area contributed by atoms with E-state index in [4.69, 9.17) is 0 Å². The van der Waals surface area contributed by atoms with E-state index < -0.39 is 5.41 Å². The van der Waals surface area contributed by atoms with Crippen molar-refractivity contribution in [3.8, 4) is 0 Å². The molecule has 4 heteroatoms. The second-order valence-electron chi connectivity index (χ2n) is 6.65. The van der Waals surface area contributed by atoms with E-state index in [0.717, 1.165) is 22.4 Å². The molecule has 0 bridgehead atoms. The normalized spacial score (nSPS) is 11.0. The number of aryl methyl sites for hydroxylation is 2. The maximum Gasteiger partial charge on any atom is 0.239 e. The molecule has 4 nitrogen and oxygen atoms in total. The fourth-order valence-corrected chi connectivity index (χ4v) is 2.28. The van der Waals surface area contributed by atoms with Crippen molar-refractivity contribution in [1.29, 1.82) is 0 Å². The molecule has 0 aromatic heterocycles. The standard InChI is InChI=1S/C20H24N2O2/c1-13-8-6-10-16(12-13)21-18(23)20(4,5)19(24)22-17-11-7-9-14(2)15(17)3/h6-12H,1-5H3,(H,21,23)(H,22,24). The summed E-state index contributed by atoms with van der Waals surface area (Å²) < 4.78 is 0. The van der Waals surface area contributed by atoms with Gasteiger partial charge in [0, 0.05) is 11.4 Å². The first-order valence-electron chi connectivity index (χ1n) is 7.97. The fourth-order valence-electron chi connectivity index (χ4n) is 2.28. The molecule has 0 radical (unpaired) electrons. The van der Waals surface area contributed by atoms with Crippen LogP contribution in [-0.4, -0.2) is 11.8 Å². The average molecular weight is 324 g/mol.